The summed E-state index contributed by atoms with van der Waals surface area (Å²) in [5.41, 5.74) is 4.84. The minimum atomic E-state index is -4.19. The Morgan fingerprint density at radius 1 is 1.04 bits per heavy atom. The van der Waals surface area contributed by atoms with Gasteiger partial charge in [-0.1, -0.05) is 23.8 Å². The maximum atomic E-state index is 14.2. The number of fused-ring (bicyclic) bond motifs is 1. The van der Waals surface area contributed by atoms with Crippen LogP contribution in [0.3, 0.4) is 0 Å². The highest BCUT2D eigenvalue weighted by molar-refractivity contribution is 7.90. The number of hydrogen-bond donors (Lipinski definition) is 1. The number of amides is 2. The van der Waals surface area contributed by atoms with Crippen LogP contribution in [0, 0.1) is 13.8 Å². The van der Waals surface area contributed by atoms with Crippen LogP contribution in [-0.4, -0.2) is 47.9 Å². The summed E-state index contributed by atoms with van der Waals surface area (Å²) in [4.78, 5) is 35.4. The molecule has 0 radical (unpaired) electrons. The molecule has 3 heterocycles. The number of nitrogens with one attached hydrogen (secondary N) is 1. The van der Waals surface area contributed by atoms with Crippen LogP contribution < -0.4 is 30.5 Å². The van der Waals surface area contributed by atoms with E-state index in [2.05, 4.69) is 21.1 Å². The number of thiocarbonyl (C=S) groups is 1. The Morgan fingerprint density at radius 2 is 1.74 bits per heavy atom. The van der Waals surface area contributed by atoms with Crippen molar-refractivity contribution in [1.29, 1.82) is 0 Å². The van der Waals surface area contributed by atoms with E-state index >= 15 is 0 Å². The molecule has 0 spiro atoms. The number of hydrogen-bond acceptors (Lipinski definition) is 9. The molecule has 13 nitrogen and oxygen atoms in total. The smallest absolute Gasteiger partial charge is 0.289 e. The van der Waals surface area contributed by atoms with E-state index in [4.69, 9.17) is 26.5 Å². The first kappa shape index (κ1) is 36.6. The molecular formula is C38H35N7O6S3. The molecule has 0 bridgehead atoms. The van der Waals surface area contributed by atoms with E-state index in [0.717, 1.165) is 31.9 Å². The summed E-state index contributed by atoms with van der Waals surface area (Å²) in [6, 6.07) is 25.5. The van der Waals surface area contributed by atoms with E-state index in [1.807, 2.05) is 45.0 Å². The molecule has 1 atom stereocenters. The SMILES string of the molecule is CCOc1ccc(N2C(=O)C(CC(=O)Nc3ccc(-c4nc5ccc(C)cc5s4)cc3)N(Cc3/c(=N/S(=O)(=O)c4ccc(C)cc4)o[n-][n+]3C)C2=S)cc1. The maximum Gasteiger partial charge on any atom is 0.289 e. The number of anilines is 2. The second-order valence-corrected chi connectivity index (χ2v) is 15.7. The van der Waals surface area contributed by atoms with Crippen molar-refractivity contribution in [1.82, 2.24) is 15.2 Å². The summed E-state index contributed by atoms with van der Waals surface area (Å²) in [6.45, 7) is 6.09. The number of aromatic nitrogens is 3. The Morgan fingerprint density at radius 3 is 2.44 bits per heavy atom. The monoisotopic (exact) mass is 781 g/mol. The number of carbonyl (C=O) groups is 2. The van der Waals surface area contributed by atoms with Gasteiger partial charge in [0.25, 0.3) is 27.2 Å². The van der Waals surface area contributed by atoms with Gasteiger partial charge in [0, 0.05) is 11.3 Å². The van der Waals surface area contributed by atoms with Gasteiger partial charge < -0.3 is 19.5 Å². The molecule has 4 aromatic carbocycles. The minimum absolute atomic E-state index is 0.0237. The second kappa shape index (κ2) is 15.0. The van der Waals surface area contributed by atoms with Gasteiger partial charge in [0.2, 0.25) is 5.91 Å². The third-order valence-electron chi connectivity index (χ3n) is 8.79. The molecule has 1 aliphatic rings. The minimum Gasteiger partial charge on any atom is -0.494 e. The van der Waals surface area contributed by atoms with E-state index in [1.54, 1.807) is 71.8 Å². The summed E-state index contributed by atoms with van der Waals surface area (Å²) in [7, 11) is -2.63. The fourth-order valence-electron chi connectivity index (χ4n) is 5.96. The van der Waals surface area contributed by atoms with E-state index in [1.165, 1.54) is 21.7 Å². The number of sulfonamides is 1. The summed E-state index contributed by atoms with van der Waals surface area (Å²) in [5, 5.41) is 7.77. The second-order valence-electron chi connectivity index (χ2n) is 12.7. The molecule has 1 N–H and O–H groups in total. The topological polar surface area (TPSA) is 152 Å². The summed E-state index contributed by atoms with van der Waals surface area (Å²) in [6.07, 6.45) is -0.269. The third-order valence-corrected chi connectivity index (χ3v) is 11.6. The Hall–Kier alpha value is -5.71. The predicted molar refractivity (Wildman–Crippen MR) is 207 cm³/mol. The lowest BCUT2D eigenvalue weighted by atomic mass is 10.1. The first-order chi connectivity index (χ1) is 25.9. The van der Waals surface area contributed by atoms with Crippen molar-refractivity contribution in [3.05, 3.63) is 113 Å². The van der Waals surface area contributed by atoms with Crippen molar-refractivity contribution < 1.29 is 31.9 Å². The number of nitrogens with zero attached hydrogens (tertiary/aromatic N) is 6. The van der Waals surface area contributed by atoms with Crippen LogP contribution in [0.15, 0.2) is 105 Å². The Balaban J connectivity index is 1.16. The molecule has 276 valence electrons. The summed E-state index contributed by atoms with van der Waals surface area (Å²) >= 11 is 7.46. The van der Waals surface area contributed by atoms with E-state index in [9.17, 15) is 18.0 Å². The number of benzene rings is 4. The highest BCUT2D eigenvalue weighted by Gasteiger charge is 2.45. The lowest BCUT2D eigenvalue weighted by molar-refractivity contribution is -0.752. The van der Waals surface area contributed by atoms with Crippen LogP contribution in [0.1, 0.15) is 30.2 Å². The van der Waals surface area contributed by atoms with Crippen molar-refractivity contribution in [2.24, 2.45) is 11.4 Å². The highest BCUT2D eigenvalue weighted by atomic mass is 32.2. The number of aryl methyl sites for hydroxylation is 3. The molecule has 54 heavy (non-hydrogen) atoms. The molecule has 2 amide bonds. The van der Waals surface area contributed by atoms with Crippen LogP contribution in [0.5, 0.6) is 5.75 Å². The average molecular weight is 782 g/mol. The first-order valence-electron chi connectivity index (χ1n) is 16.9. The molecular weight excluding hydrogens is 747 g/mol. The van der Waals surface area contributed by atoms with Gasteiger partial charge in [-0.2, -0.15) is 8.42 Å². The van der Waals surface area contributed by atoms with Crippen molar-refractivity contribution in [2.45, 2.75) is 44.7 Å². The highest BCUT2D eigenvalue weighted by Crippen LogP contribution is 2.32. The number of carbonyl (C=O) groups excluding carboxylic acids is 2. The van der Waals surface area contributed by atoms with Gasteiger partial charge >= 0.3 is 0 Å². The lowest BCUT2D eigenvalue weighted by Gasteiger charge is -2.22. The molecule has 1 saturated heterocycles. The molecule has 2 aromatic heterocycles. The van der Waals surface area contributed by atoms with Crippen LogP contribution in [-0.2, 0) is 33.2 Å². The molecule has 1 aliphatic heterocycles. The average Bonchev–Trinajstić information content (AvgIpc) is 3.79. The zero-order valence-corrected chi connectivity index (χ0v) is 32.2. The van der Waals surface area contributed by atoms with Gasteiger partial charge in [0.15, 0.2) is 5.11 Å². The molecule has 1 fully saturated rings. The molecule has 1 unspecified atom stereocenters. The number of thiazole rings is 1. The van der Waals surface area contributed by atoms with Crippen molar-refractivity contribution >= 4 is 72.1 Å². The van der Waals surface area contributed by atoms with Gasteiger partial charge in [-0.15, -0.1) is 15.7 Å². The normalized spacial score (nSPS) is 15.0. The van der Waals surface area contributed by atoms with Crippen LogP contribution in [0.4, 0.5) is 11.4 Å². The standard InChI is InChI=1S/C38H35N7O6S3/c1-5-50-28-15-13-27(14-16-28)45-37(47)31(21-34(46)39-26-11-9-25(10-12-26)36-40-30-19-8-24(3)20-33(30)53-36)44(38(45)52)22-32-35(51-42-43(32)4)41-54(48,49)29-17-6-23(2)7-18-29/h6-20,31H,5,21-22H2,1-4H3,(H,39,46)/b41-35-. The molecule has 16 heteroatoms. The van der Waals surface area contributed by atoms with Gasteiger partial charge in [-0.3, -0.25) is 19.8 Å². The lowest BCUT2D eigenvalue weighted by Crippen LogP contribution is -2.45. The van der Waals surface area contributed by atoms with E-state index < -0.39 is 27.9 Å². The summed E-state index contributed by atoms with van der Waals surface area (Å²) in [5.74, 6) is -0.251. The van der Waals surface area contributed by atoms with Crippen molar-refractivity contribution in [2.75, 3.05) is 16.8 Å². The zero-order chi connectivity index (χ0) is 38.1. The Bertz CT molecular complexity index is 2560. The van der Waals surface area contributed by atoms with E-state index in [0.29, 0.717) is 23.7 Å². The Kier molecular flexibility index (Phi) is 10.2. The van der Waals surface area contributed by atoms with Gasteiger partial charge in [-0.05, 0) is 111 Å². The molecule has 0 aliphatic carbocycles. The largest absolute Gasteiger partial charge is 0.494 e. The third kappa shape index (κ3) is 7.53. The Labute approximate surface area is 320 Å². The fraction of sp³-hybridized carbons (Fsp3) is 0.211. The van der Waals surface area contributed by atoms with Gasteiger partial charge in [0.1, 0.15) is 30.4 Å². The van der Waals surface area contributed by atoms with Gasteiger partial charge in [-0.25, -0.2) is 9.67 Å². The van der Waals surface area contributed by atoms with Crippen LogP contribution in [0.2, 0.25) is 0 Å². The first-order valence-corrected chi connectivity index (χ1v) is 19.6. The number of ether oxygens (including phenoxy) is 1. The van der Waals surface area contributed by atoms with E-state index in [-0.39, 0.29) is 34.2 Å². The quantitative estimate of drug-likeness (QED) is 0.138. The van der Waals surface area contributed by atoms with Gasteiger partial charge in [0.05, 0.1) is 33.8 Å². The summed E-state index contributed by atoms with van der Waals surface area (Å²) < 4.78 is 43.8. The molecule has 6 aromatic rings. The zero-order valence-electron chi connectivity index (χ0n) is 29.7. The van der Waals surface area contributed by atoms with Crippen molar-refractivity contribution in [3.8, 4) is 16.3 Å². The maximum absolute atomic E-state index is 14.2. The molecule has 7 rings (SSSR count). The fourth-order valence-corrected chi connectivity index (χ4v) is 8.36. The van der Waals surface area contributed by atoms with Crippen LogP contribution in [0.25, 0.3) is 20.8 Å². The van der Waals surface area contributed by atoms with Crippen molar-refractivity contribution in [3.63, 3.8) is 0 Å². The predicted octanol–water partition coefficient (Wildman–Crippen LogP) is 5.17. The van der Waals surface area contributed by atoms with Crippen LogP contribution >= 0.6 is 23.6 Å². The number of rotatable bonds is 11. The molecule has 0 saturated carbocycles.